The van der Waals surface area contributed by atoms with Crippen molar-refractivity contribution < 1.29 is 27.9 Å². The number of ether oxygens (including phenoxy) is 1. The number of ketones is 1. The van der Waals surface area contributed by atoms with Gasteiger partial charge in [-0.2, -0.15) is 5.10 Å². The first kappa shape index (κ1) is 24.1. The molecule has 33 heavy (non-hydrogen) atoms. The molecule has 3 rings (SSSR count). The zero-order valence-electron chi connectivity index (χ0n) is 18.5. The van der Waals surface area contributed by atoms with Gasteiger partial charge in [-0.3, -0.25) is 9.59 Å². The quantitative estimate of drug-likeness (QED) is 0.466. The molecule has 10 heteroatoms. The van der Waals surface area contributed by atoms with Gasteiger partial charge < -0.3 is 9.84 Å². The maximum Gasteiger partial charge on any atom is 0.236 e. The number of allylic oxidation sites excluding steroid dienone is 2. The SMILES string of the molecule is CC/C(=N\NC(C)=O)C1=C(O)CC(c2cccc(Oc3ccc(S(C)(=O)=O)cn3)c2)CC1=O. The number of sulfone groups is 1. The van der Waals surface area contributed by atoms with Crippen LogP contribution in [0.1, 0.15) is 44.6 Å². The first-order valence-corrected chi connectivity index (χ1v) is 12.2. The molecule has 0 saturated heterocycles. The van der Waals surface area contributed by atoms with E-state index in [2.05, 4.69) is 15.5 Å². The number of aromatic nitrogens is 1. The number of hydrogen-bond donors (Lipinski definition) is 2. The third-order valence-electron chi connectivity index (χ3n) is 5.10. The van der Waals surface area contributed by atoms with E-state index in [9.17, 15) is 23.1 Å². The van der Waals surface area contributed by atoms with Crippen LogP contribution < -0.4 is 10.2 Å². The average molecular weight is 472 g/mol. The summed E-state index contributed by atoms with van der Waals surface area (Å²) in [5.74, 6) is -0.240. The minimum absolute atomic E-state index is 0.0634. The number of hydrogen-bond acceptors (Lipinski definition) is 8. The van der Waals surface area contributed by atoms with Crippen LogP contribution in [0, 0.1) is 0 Å². The number of hydrazone groups is 1. The number of pyridine rings is 1. The molecule has 1 aliphatic carbocycles. The van der Waals surface area contributed by atoms with Crippen LogP contribution in [-0.4, -0.2) is 42.2 Å². The summed E-state index contributed by atoms with van der Waals surface area (Å²) >= 11 is 0. The van der Waals surface area contributed by atoms with Crippen LogP contribution in [0.25, 0.3) is 0 Å². The Balaban J connectivity index is 1.79. The van der Waals surface area contributed by atoms with Crippen LogP contribution in [-0.2, 0) is 19.4 Å². The minimum Gasteiger partial charge on any atom is -0.511 e. The molecule has 1 aromatic carbocycles. The largest absolute Gasteiger partial charge is 0.511 e. The topological polar surface area (TPSA) is 135 Å². The number of Topliss-reactive ketones (excluding diaryl/α,β-unsaturated/α-hetero) is 1. The molecule has 2 N–H and O–H groups in total. The van der Waals surface area contributed by atoms with Gasteiger partial charge in [0.05, 0.1) is 16.2 Å². The number of nitrogens with one attached hydrogen (secondary N) is 1. The fraction of sp³-hybridized carbons (Fsp3) is 0.304. The first-order valence-electron chi connectivity index (χ1n) is 10.3. The van der Waals surface area contributed by atoms with Gasteiger partial charge >= 0.3 is 0 Å². The standard InChI is InChI=1S/C23H25N3O6S/c1-4-19(26-25-14(2)27)23-20(28)11-16(12-21(23)29)15-6-5-7-17(10-15)32-22-9-8-18(13-24-22)33(3,30)31/h5-10,13,16,28H,4,11-12H2,1-3H3,(H,25,27)/b26-19+. The van der Waals surface area contributed by atoms with Gasteiger partial charge in [-0.15, -0.1) is 0 Å². The Morgan fingerprint density at radius 3 is 2.61 bits per heavy atom. The minimum atomic E-state index is -3.35. The van der Waals surface area contributed by atoms with Gasteiger partial charge in [0.2, 0.25) is 11.8 Å². The Hall–Kier alpha value is -3.53. The summed E-state index contributed by atoms with van der Waals surface area (Å²) in [6.07, 6.45) is 3.12. The van der Waals surface area contributed by atoms with E-state index in [4.69, 9.17) is 4.74 Å². The Morgan fingerprint density at radius 1 is 1.27 bits per heavy atom. The zero-order valence-corrected chi connectivity index (χ0v) is 19.3. The van der Waals surface area contributed by atoms with Gasteiger partial charge in [0, 0.05) is 38.3 Å². The van der Waals surface area contributed by atoms with Crippen molar-refractivity contribution >= 4 is 27.2 Å². The van der Waals surface area contributed by atoms with Gasteiger partial charge in [0.1, 0.15) is 11.5 Å². The molecule has 0 aliphatic heterocycles. The molecule has 0 spiro atoms. The molecule has 0 fully saturated rings. The predicted octanol–water partition coefficient (Wildman–Crippen LogP) is 3.44. The highest BCUT2D eigenvalue weighted by Gasteiger charge is 2.31. The maximum absolute atomic E-state index is 12.8. The highest BCUT2D eigenvalue weighted by molar-refractivity contribution is 7.90. The molecule has 0 bridgehead atoms. The highest BCUT2D eigenvalue weighted by atomic mass is 32.2. The second-order valence-electron chi connectivity index (χ2n) is 7.71. The lowest BCUT2D eigenvalue weighted by atomic mass is 9.81. The molecule has 9 nitrogen and oxygen atoms in total. The number of rotatable bonds is 7. The fourth-order valence-corrected chi connectivity index (χ4v) is 4.07. The summed E-state index contributed by atoms with van der Waals surface area (Å²) in [5, 5.41) is 14.6. The predicted molar refractivity (Wildman–Crippen MR) is 122 cm³/mol. The van der Waals surface area contributed by atoms with Crippen molar-refractivity contribution in [3.63, 3.8) is 0 Å². The van der Waals surface area contributed by atoms with Crippen molar-refractivity contribution in [3.8, 4) is 11.6 Å². The van der Waals surface area contributed by atoms with Gasteiger partial charge in [-0.25, -0.2) is 18.8 Å². The summed E-state index contributed by atoms with van der Waals surface area (Å²) in [5.41, 5.74) is 3.61. The molecule has 1 heterocycles. The summed E-state index contributed by atoms with van der Waals surface area (Å²) in [4.78, 5) is 28.1. The van der Waals surface area contributed by atoms with E-state index >= 15 is 0 Å². The van der Waals surface area contributed by atoms with Crippen LogP contribution in [0.5, 0.6) is 11.6 Å². The number of carbonyl (C=O) groups excluding carboxylic acids is 2. The van der Waals surface area contributed by atoms with E-state index in [1.165, 1.54) is 25.3 Å². The Kier molecular flexibility index (Phi) is 7.27. The zero-order chi connectivity index (χ0) is 24.2. The second kappa shape index (κ2) is 9.95. The van der Waals surface area contributed by atoms with Crippen molar-refractivity contribution in [1.82, 2.24) is 10.4 Å². The van der Waals surface area contributed by atoms with Crippen LogP contribution in [0.3, 0.4) is 0 Å². The summed E-state index contributed by atoms with van der Waals surface area (Å²) < 4.78 is 28.9. The third-order valence-corrected chi connectivity index (χ3v) is 6.20. The van der Waals surface area contributed by atoms with Crippen LogP contribution in [0.4, 0.5) is 0 Å². The van der Waals surface area contributed by atoms with Crippen molar-refractivity contribution in [3.05, 3.63) is 59.5 Å². The van der Waals surface area contributed by atoms with Crippen LogP contribution in [0.2, 0.25) is 0 Å². The van der Waals surface area contributed by atoms with Gasteiger partial charge in [0.15, 0.2) is 15.6 Å². The van der Waals surface area contributed by atoms with Crippen molar-refractivity contribution in [1.29, 1.82) is 0 Å². The average Bonchev–Trinajstić information content (AvgIpc) is 2.75. The normalized spacial score (nSPS) is 17.1. The molecule has 1 unspecified atom stereocenters. The molecule has 1 amide bonds. The molecule has 174 valence electrons. The lowest BCUT2D eigenvalue weighted by Gasteiger charge is -2.24. The number of aliphatic hydroxyl groups is 1. The van der Waals surface area contributed by atoms with Crippen molar-refractivity contribution in [2.24, 2.45) is 5.10 Å². The van der Waals surface area contributed by atoms with Crippen LogP contribution in [0.15, 0.2) is 63.9 Å². The highest BCUT2D eigenvalue weighted by Crippen LogP contribution is 2.36. The Morgan fingerprint density at radius 2 is 2.03 bits per heavy atom. The molecule has 1 aromatic heterocycles. The number of carbonyl (C=O) groups is 2. The monoisotopic (exact) mass is 471 g/mol. The van der Waals surface area contributed by atoms with E-state index in [1.807, 2.05) is 6.07 Å². The number of aliphatic hydroxyl groups excluding tert-OH is 1. The van der Waals surface area contributed by atoms with Crippen molar-refractivity contribution in [2.45, 2.75) is 43.9 Å². The van der Waals surface area contributed by atoms with E-state index in [0.717, 1.165) is 11.8 Å². The first-order chi connectivity index (χ1) is 15.6. The van der Waals surface area contributed by atoms with Crippen molar-refractivity contribution in [2.75, 3.05) is 6.26 Å². The molecule has 0 saturated carbocycles. The number of nitrogens with zero attached hydrogens (tertiary/aromatic N) is 2. The van der Waals surface area contributed by atoms with Gasteiger partial charge in [-0.1, -0.05) is 19.1 Å². The Labute approximate surface area is 192 Å². The van der Waals surface area contributed by atoms with E-state index in [0.29, 0.717) is 17.9 Å². The van der Waals surface area contributed by atoms with E-state index in [1.54, 1.807) is 25.1 Å². The van der Waals surface area contributed by atoms with E-state index < -0.39 is 9.84 Å². The molecule has 1 aliphatic rings. The molecule has 0 radical (unpaired) electrons. The fourth-order valence-electron chi connectivity index (χ4n) is 3.51. The second-order valence-corrected chi connectivity index (χ2v) is 9.72. The summed E-state index contributed by atoms with van der Waals surface area (Å²) in [6.45, 7) is 3.10. The van der Waals surface area contributed by atoms with Gasteiger partial charge in [-0.05, 0) is 36.1 Å². The Bertz CT molecular complexity index is 1230. The smallest absolute Gasteiger partial charge is 0.236 e. The lowest BCUT2D eigenvalue weighted by Crippen LogP contribution is -2.26. The molecular weight excluding hydrogens is 446 g/mol. The number of amides is 1. The summed E-state index contributed by atoms with van der Waals surface area (Å²) in [7, 11) is -3.35. The van der Waals surface area contributed by atoms with Crippen LogP contribution >= 0.6 is 0 Å². The van der Waals surface area contributed by atoms with Gasteiger partial charge in [0.25, 0.3) is 0 Å². The molecular formula is C23H25N3O6S. The maximum atomic E-state index is 12.8. The molecule has 1 atom stereocenters. The third kappa shape index (κ3) is 6.04. The summed E-state index contributed by atoms with van der Waals surface area (Å²) in [6, 6.07) is 9.97. The van der Waals surface area contributed by atoms with E-state index in [-0.39, 0.29) is 52.6 Å². The molecule has 2 aromatic rings. The number of benzene rings is 1. The lowest BCUT2D eigenvalue weighted by molar-refractivity contribution is -0.119.